The number of fused-ring (bicyclic) bond motifs is 5. The Kier molecular flexibility index (Phi) is 6.79. The lowest BCUT2D eigenvalue weighted by atomic mass is 9.98. The van der Waals surface area contributed by atoms with Crippen molar-refractivity contribution in [1.82, 2.24) is 4.90 Å². The molecule has 3 heterocycles. The largest absolute Gasteiger partial charge is 0.460 e. The normalized spacial score (nSPS) is 26.7. The van der Waals surface area contributed by atoms with Crippen molar-refractivity contribution >= 4 is 17.7 Å². The summed E-state index contributed by atoms with van der Waals surface area (Å²) in [7, 11) is 2.14. The van der Waals surface area contributed by atoms with Gasteiger partial charge in [0.05, 0.1) is 5.69 Å². The summed E-state index contributed by atoms with van der Waals surface area (Å²) < 4.78 is 17.0. The van der Waals surface area contributed by atoms with Crippen LogP contribution in [0.25, 0.3) is 11.1 Å². The smallest absolute Gasteiger partial charge is 0.411 e. The number of ether oxygens (including phenoxy) is 3. The number of esters is 1. The maximum atomic E-state index is 12.9. The zero-order valence-electron chi connectivity index (χ0n) is 21.5. The minimum absolute atomic E-state index is 0.0973. The molecule has 3 fully saturated rings. The highest BCUT2D eigenvalue weighted by Crippen LogP contribution is 2.48. The molecule has 3 saturated heterocycles. The molecule has 3 aliphatic rings. The van der Waals surface area contributed by atoms with Crippen LogP contribution < -0.4 is 5.32 Å². The van der Waals surface area contributed by atoms with Crippen molar-refractivity contribution in [1.29, 1.82) is 0 Å². The maximum Gasteiger partial charge on any atom is 0.411 e. The maximum absolute atomic E-state index is 12.9. The molecule has 0 aromatic heterocycles. The molecule has 2 bridgehead atoms. The predicted molar refractivity (Wildman–Crippen MR) is 138 cm³/mol. The number of epoxide rings is 1. The molecule has 5 atom stereocenters. The lowest BCUT2D eigenvalue weighted by molar-refractivity contribution is -0.154. The number of morpholine rings is 1. The van der Waals surface area contributed by atoms with E-state index in [2.05, 4.69) is 23.3 Å². The van der Waals surface area contributed by atoms with Gasteiger partial charge in [-0.25, -0.2) is 4.79 Å². The summed E-state index contributed by atoms with van der Waals surface area (Å²) in [6.45, 7) is 5.63. The van der Waals surface area contributed by atoms with Gasteiger partial charge in [-0.3, -0.25) is 15.0 Å². The minimum atomic E-state index is -0.471. The van der Waals surface area contributed by atoms with Gasteiger partial charge in [0.25, 0.3) is 0 Å². The van der Waals surface area contributed by atoms with E-state index < -0.39 is 11.7 Å². The molecule has 5 rings (SSSR count). The Morgan fingerprint density at radius 2 is 1.75 bits per heavy atom. The van der Waals surface area contributed by atoms with Crippen LogP contribution in [0.15, 0.2) is 48.5 Å². The zero-order valence-corrected chi connectivity index (χ0v) is 21.5. The number of carbonyl (C=O) groups excluding carboxylic acids is 2. The third kappa shape index (κ3) is 5.57. The van der Waals surface area contributed by atoms with Crippen LogP contribution in [0.5, 0.6) is 0 Å². The summed E-state index contributed by atoms with van der Waals surface area (Å²) in [5.41, 5.74) is 3.28. The van der Waals surface area contributed by atoms with E-state index in [0.717, 1.165) is 36.0 Å². The van der Waals surface area contributed by atoms with Crippen molar-refractivity contribution in [2.45, 2.75) is 88.9 Å². The highest BCUT2D eigenvalue weighted by molar-refractivity contribution is 5.91. The first-order chi connectivity index (χ1) is 17.2. The lowest BCUT2D eigenvalue weighted by Gasteiger charge is -2.37. The number of rotatable bonds is 7. The fourth-order valence-corrected chi connectivity index (χ4v) is 5.63. The summed E-state index contributed by atoms with van der Waals surface area (Å²) in [5, 5.41) is 2.99. The van der Waals surface area contributed by atoms with Crippen LogP contribution in [0, 0.1) is 0 Å². The Hall–Kier alpha value is -2.90. The van der Waals surface area contributed by atoms with Gasteiger partial charge < -0.3 is 14.2 Å². The minimum Gasteiger partial charge on any atom is -0.460 e. The molecule has 0 spiro atoms. The summed E-state index contributed by atoms with van der Waals surface area (Å²) in [4.78, 5) is 27.3. The van der Waals surface area contributed by atoms with Crippen molar-refractivity contribution in [2.75, 3.05) is 12.4 Å². The predicted octanol–water partition coefficient (Wildman–Crippen LogP) is 5.18. The molecule has 2 aromatic rings. The van der Waals surface area contributed by atoms with Crippen molar-refractivity contribution < 1.29 is 23.8 Å². The third-order valence-electron chi connectivity index (χ3n) is 7.32. The average molecular weight is 493 g/mol. The van der Waals surface area contributed by atoms with Gasteiger partial charge in [0.15, 0.2) is 0 Å². The Balaban J connectivity index is 1.23. The topological polar surface area (TPSA) is 80.4 Å². The van der Waals surface area contributed by atoms with Gasteiger partial charge in [-0.05, 0) is 63.9 Å². The molecule has 36 heavy (non-hydrogen) atoms. The van der Waals surface area contributed by atoms with Gasteiger partial charge in [-0.15, -0.1) is 0 Å². The van der Waals surface area contributed by atoms with E-state index in [9.17, 15) is 9.59 Å². The van der Waals surface area contributed by atoms with E-state index in [1.165, 1.54) is 0 Å². The highest BCUT2D eigenvalue weighted by atomic mass is 16.6. The number of carbonyl (C=O) groups is 2. The van der Waals surface area contributed by atoms with Gasteiger partial charge in [-0.2, -0.15) is 0 Å². The molecule has 7 nitrogen and oxygen atoms in total. The number of piperidine rings is 1. The quantitative estimate of drug-likeness (QED) is 0.424. The molecule has 0 saturated carbocycles. The number of nitrogens with one attached hydrogen (secondary N) is 1. The molecule has 1 N–H and O–H groups in total. The van der Waals surface area contributed by atoms with Crippen molar-refractivity contribution in [2.24, 2.45) is 0 Å². The van der Waals surface area contributed by atoms with Gasteiger partial charge >= 0.3 is 12.1 Å². The van der Waals surface area contributed by atoms with E-state index in [0.29, 0.717) is 42.8 Å². The SMILES string of the molecule is CN1[C@@H]2CC(OC(=O)Nc3ccc(CCCC(=O)OC(C)(C)C)cc3-c3ccccc3)C[C@H]1[C@@H]1O[C@@H]12. The Morgan fingerprint density at radius 3 is 2.42 bits per heavy atom. The fraction of sp³-hybridized carbons (Fsp3) is 0.517. The van der Waals surface area contributed by atoms with Crippen LogP contribution in [0.3, 0.4) is 0 Å². The first-order valence-corrected chi connectivity index (χ1v) is 12.9. The molecule has 3 aliphatic heterocycles. The van der Waals surface area contributed by atoms with Crippen molar-refractivity contribution in [3.8, 4) is 11.1 Å². The highest BCUT2D eigenvalue weighted by Gasteiger charge is 2.62. The number of likely N-dealkylation sites (N-methyl/N-ethyl adjacent to an activating group) is 1. The fourth-order valence-electron chi connectivity index (χ4n) is 5.63. The van der Waals surface area contributed by atoms with Gasteiger partial charge in [0, 0.05) is 36.9 Å². The molecule has 0 radical (unpaired) electrons. The molecule has 0 aliphatic carbocycles. The van der Waals surface area contributed by atoms with Crippen LogP contribution in [-0.4, -0.2) is 60.0 Å². The number of benzene rings is 2. The second-order valence-electron chi connectivity index (χ2n) is 11.2. The van der Waals surface area contributed by atoms with E-state index in [1.807, 2.05) is 63.2 Å². The summed E-state index contributed by atoms with van der Waals surface area (Å²) in [6, 6.07) is 16.7. The molecule has 192 valence electrons. The van der Waals surface area contributed by atoms with E-state index in [4.69, 9.17) is 14.2 Å². The van der Waals surface area contributed by atoms with Crippen LogP contribution >= 0.6 is 0 Å². The Bertz CT molecular complexity index is 1090. The van der Waals surface area contributed by atoms with Gasteiger partial charge in [0.1, 0.15) is 23.9 Å². The molecule has 7 heteroatoms. The molecule has 2 aromatic carbocycles. The number of amides is 1. The average Bonchev–Trinajstić information content (AvgIpc) is 3.58. The summed E-state index contributed by atoms with van der Waals surface area (Å²) >= 11 is 0. The van der Waals surface area contributed by atoms with E-state index >= 15 is 0 Å². The van der Waals surface area contributed by atoms with Crippen LogP contribution in [0.1, 0.15) is 52.0 Å². The van der Waals surface area contributed by atoms with Gasteiger partial charge in [0.2, 0.25) is 0 Å². The molecule has 1 amide bonds. The number of aryl methyl sites for hydroxylation is 1. The first kappa shape index (κ1) is 24.8. The second-order valence-corrected chi connectivity index (χ2v) is 11.2. The second kappa shape index (κ2) is 9.87. The number of anilines is 1. The lowest BCUT2D eigenvalue weighted by Crippen LogP contribution is -2.48. The summed E-state index contributed by atoms with van der Waals surface area (Å²) in [5.74, 6) is -0.182. The number of hydrogen-bond acceptors (Lipinski definition) is 6. The Labute approximate surface area is 213 Å². The summed E-state index contributed by atoms with van der Waals surface area (Å²) in [6.07, 6.45) is 3.53. The molecular weight excluding hydrogens is 456 g/mol. The van der Waals surface area contributed by atoms with Crippen LogP contribution in [0.2, 0.25) is 0 Å². The Morgan fingerprint density at radius 1 is 1.06 bits per heavy atom. The first-order valence-electron chi connectivity index (χ1n) is 12.9. The third-order valence-corrected chi connectivity index (χ3v) is 7.32. The van der Waals surface area contributed by atoms with Gasteiger partial charge in [-0.1, -0.05) is 36.4 Å². The molecule has 1 unspecified atom stereocenters. The number of hydrogen-bond donors (Lipinski definition) is 1. The van der Waals surface area contributed by atoms with Crippen LogP contribution in [0.4, 0.5) is 10.5 Å². The number of nitrogens with zero attached hydrogens (tertiary/aromatic N) is 1. The van der Waals surface area contributed by atoms with Crippen molar-refractivity contribution in [3.63, 3.8) is 0 Å². The van der Waals surface area contributed by atoms with Crippen LogP contribution in [-0.2, 0) is 25.4 Å². The van der Waals surface area contributed by atoms with E-state index in [-0.39, 0.29) is 12.1 Å². The monoisotopic (exact) mass is 492 g/mol. The van der Waals surface area contributed by atoms with E-state index in [1.54, 1.807) is 0 Å². The molecular formula is C29H36N2O5. The van der Waals surface area contributed by atoms with Crippen molar-refractivity contribution in [3.05, 3.63) is 54.1 Å². The zero-order chi connectivity index (χ0) is 25.4. The standard InChI is InChI=1S/C29H36N2O5/c1-29(2,3)36-25(32)12-8-9-18-13-14-22(21(15-18)19-10-6-5-7-11-19)30-28(33)34-20-16-23-26-27(35-26)24(17-20)31(23)4/h5-7,10-11,13-15,20,23-24,26-27H,8-9,12,16-17H2,1-4H3,(H,30,33)/t20?,23-,24+,26-,27+.